The standard InChI is InChI=1S/C15H14F3N3O3/c1-8(2)7-21-11(5-4-10(14(21)24)15(16,17)18)12(22)9-6-19-20(3)13(9)23/h4-6,19H,1,7H2,2-3H3. The molecule has 0 unspecified atom stereocenters. The molecule has 0 amide bonds. The molecular formula is C15H14F3N3O3. The highest BCUT2D eigenvalue weighted by molar-refractivity contribution is 6.07. The van der Waals surface area contributed by atoms with Crippen molar-refractivity contribution in [2.24, 2.45) is 7.05 Å². The van der Waals surface area contributed by atoms with E-state index in [2.05, 4.69) is 11.7 Å². The summed E-state index contributed by atoms with van der Waals surface area (Å²) in [6.07, 6.45) is -3.71. The van der Waals surface area contributed by atoms with Gasteiger partial charge in [-0.2, -0.15) is 13.2 Å². The molecule has 128 valence electrons. The minimum Gasteiger partial charge on any atom is -0.302 e. The summed E-state index contributed by atoms with van der Waals surface area (Å²) in [5.41, 5.74) is -3.59. The van der Waals surface area contributed by atoms with Crippen molar-refractivity contribution in [1.82, 2.24) is 14.3 Å². The summed E-state index contributed by atoms with van der Waals surface area (Å²) < 4.78 is 40.5. The molecule has 0 aliphatic rings. The first-order chi connectivity index (χ1) is 11.0. The molecule has 0 saturated carbocycles. The summed E-state index contributed by atoms with van der Waals surface area (Å²) in [7, 11) is 1.38. The third-order valence-electron chi connectivity index (χ3n) is 3.32. The molecule has 2 heterocycles. The molecule has 9 heteroatoms. The summed E-state index contributed by atoms with van der Waals surface area (Å²) in [5.74, 6) is -0.844. The Hall–Kier alpha value is -2.84. The topological polar surface area (TPSA) is 76.9 Å². The first-order valence-corrected chi connectivity index (χ1v) is 6.78. The predicted molar refractivity (Wildman–Crippen MR) is 80.0 cm³/mol. The number of nitrogens with zero attached hydrogens (tertiary/aromatic N) is 2. The smallest absolute Gasteiger partial charge is 0.302 e. The second kappa shape index (κ2) is 5.99. The molecule has 2 aromatic heterocycles. The molecule has 2 rings (SSSR count). The third-order valence-corrected chi connectivity index (χ3v) is 3.32. The zero-order chi connectivity index (χ0) is 18.2. The van der Waals surface area contributed by atoms with E-state index in [1.807, 2.05) is 0 Å². The highest BCUT2D eigenvalue weighted by Gasteiger charge is 2.35. The third kappa shape index (κ3) is 3.10. The fourth-order valence-corrected chi connectivity index (χ4v) is 2.18. The zero-order valence-electron chi connectivity index (χ0n) is 12.9. The molecule has 0 radical (unpaired) electrons. The molecule has 0 aliphatic heterocycles. The maximum Gasteiger partial charge on any atom is 0.421 e. The summed E-state index contributed by atoms with van der Waals surface area (Å²) in [5, 5.41) is 2.50. The largest absolute Gasteiger partial charge is 0.421 e. The summed E-state index contributed by atoms with van der Waals surface area (Å²) in [4.78, 5) is 36.5. The minimum atomic E-state index is -4.85. The van der Waals surface area contributed by atoms with Crippen LogP contribution in [0.4, 0.5) is 13.2 Å². The summed E-state index contributed by atoms with van der Waals surface area (Å²) in [6, 6.07) is 1.43. The van der Waals surface area contributed by atoms with Gasteiger partial charge in [0.05, 0.1) is 5.69 Å². The fourth-order valence-electron chi connectivity index (χ4n) is 2.18. The average Bonchev–Trinajstić information content (AvgIpc) is 2.78. The van der Waals surface area contributed by atoms with Crippen LogP contribution in [-0.2, 0) is 19.8 Å². The lowest BCUT2D eigenvalue weighted by atomic mass is 10.1. The molecule has 1 N–H and O–H groups in total. The molecule has 0 atom stereocenters. The van der Waals surface area contributed by atoms with Gasteiger partial charge in [-0.1, -0.05) is 12.2 Å². The van der Waals surface area contributed by atoms with Crippen molar-refractivity contribution in [1.29, 1.82) is 0 Å². The fraction of sp³-hybridized carbons (Fsp3) is 0.267. The van der Waals surface area contributed by atoms with Gasteiger partial charge in [-0.15, -0.1) is 0 Å². The van der Waals surface area contributed by atoms with Crippen molar-refractivity contribution in [2.45, 2.75) is 19.6 Å². The Morgan fingerprint density at radius 3 is 2.33 bits per heavy atom. The molecule has 0 spiro atoms. The van der Waals surface area contributed by atoms with Crippen molar-refractivity contribution in [3.63, 3.8) is 0 Å². The number of ketones is 1. The number of rotatable bonds is 4. The SMILES string of the molecule is C=C(C)Cn1c(C(=O)c2c[nH]n(C)c2=O)ccc(C(F)(F)F)c1=O. The van der Waals surface area contributed by atoms with Gasteiger partial charge in [0.1, 0.15) is 11.1 Å². The van der Waals surface area contributed by atoms with E-state index in [4.69, 9.17) is 0 Å². The Morgan fingerprint density at radius 1 is 1.25 bits per heavy atom. The highest BCUT2D eigenvalue weighted by Crippen LogP contribution is 2.26. The van der Waals surface area contributed by atoms with Crippen LogP contribution in [0.1, 0.15) is 28.5 Å². The molecule has 0 bridgehead atoms. The minimum absolute atomic E-state index is 0.269. The first kappa shape index (κ1) is 17.5. The van der Waals surface area contributed by atoms with Crippen LogP contribution in [0.25, 0.3) is 0 Å². The van der Waals surface area contributed by atoms with Gasteiger partial charge in [-0.05, 0) is 19.1 Å². The summed E-state index contributed by atoms with van der Waals surface area (Å²) in [6.45, 7) is 4.79. The van der Waals surface area contributed by atoms with Crippen LogP contribution < -0.4 is 11.1 Å². The van der Waals surface area contributed by atoms with Crippen molar-refractivity contribution < 1.29 is 18.0 Å². The lowest BCUT2D eigenvalue weighted by Crippen LogP contribution is -2.33. The van der Waals surface area contributed by atoms with E-state index < -0.39 is 28.6 Å². The van der Waals surface area contributed by atoms with E-state index in [9.17, 15) is 27.6 Å². The number of nitrogens with one attached hydrogen (secondary N) is 1. The van der Waals surface area contributed by atoms with Gasteiger partial charge in [0.25, 0.3) is 11.1 Å². The molecular weight excluding hydrogens is 327 g/mol. The average molecular weight is 341 g/mol. The maximum atomic E-state index is 12.9. The molecule has 2 aromatic rings. The second-order valence-electron chi connectivity index (χ2n) is 5.36. The first-order valence-electron chi connectivity index (χ1n) is 6.78. The number of H-pyrrole nitrogens is 1. The predicted octanol–water partition coefficient (Wildman–Crippen LogP) is 1.70. The van der Waals surface area contributed by atoms with Crippen LogP contribution in [0.2, 0.25) is 0 Å². The second-order valence-corrected chi connectivity index (χ2v) is 5.36. The number of carbonyl (C=O) groups is 1. The Balaban J connectivity index is 2.70. The van der Waals surface area contributed by atoms with Gasteiger partial charge in [0, 0.05) is 19.8 Å². The quantitative estimate of drug-likeness (QED) is 0.679. The number of halogens is 3. The number of aryl methyl sites for hydroxylation is 1. The molecule has 0 aliphatic carbocycles. The number of hydrogen-bond acceptors (Lipinski definition) is 3. The molecule has 6 nitrogen and oxygen atoms in total. The number of hydrogen-bond donors (Lipinski definition) is 1. The number of carbonyl (C=O) groups excluding carboxylic acids is 1. The van der Waals surface area contributed by atoms with Crippen molar-refractivity contribution in [3.05, 3.63) is 68.0 Å². The van der Waals surface area contributed by atoms with E-state index in [0.717, 1.165) is 16.9 Å². The van der Waals surface area contributed by atoms with Crippen LogP contribution in [0.5, 0.6) is 0 Å². The number of pyridine rings is 1. The van der Waals surface area contributed by atoms with E-state index >= 15 is 0 Å². The molecule has 0 saturated heterocycles. The van der Waals surface area contributed by atoms with Crippen LogP contribution in [0.15, 0.2) is 40.1 Å². The van der Waals surface area contributed by atoms with Crippen LogP contribution >= 0.6 is 0 Å². The van der Waals surface area contributed by atoms with Gasteiger partial charge in [0.2, 0.25) is 5.78 Å². The lowest BCUT2D eigenvalue weighted by Gasteiger charge is -2.14. The van der Waals surface area contributed by atoms with Gasteiger partial charge in [-0.3, -0.25) is 19.1 Å². The van der Waals surface area contributed by atoms with Crippen LogP contribution in [0, 0.1) is 0 Å². The van der Waals surface area contributed by atoms with E-state index in [0.29, 0.717) is 16.2 Å². The number of aromatic nitrogens is 3. The van der Waals surface area contributed by atoms with Gasteiger partial charge in [0.15, 0.2) is 0 Å². The van der Waals surface area contributed by atoms with E-state index in [1.54, 1.807) is 0 Å². The lowest BCUT2D eigenvalue weighted by molar-refractivity contribution is -0.139. The van der Waals surface area contributed by atoms with Crippen molar-refractivity contribution in [3.8, 4) is 0 Å². The maximum absolute atomic E-state index is 12.9. The Kier molecular flexibility index (Phi) is 4.37. The Morgan fingerprint density at radius 2 is 1.88 bits per heavy atom. The normalized spacial score (nSPS) is 11.5. The van der Waals surface area contributed by atoms with Gasteiger partial charge < -0.3 is 9.67 Å². The number of aromatic amines is 1. The zero-order valence-corrected chi connectivity index (χ0v) is 12.9. The monoisotopic (exact) mass is 341 g/mol. The highest BCUT2D eigenvalue weighted by atomic mass is 19.4. The molecule has 0 aromatic carbocycles. The van der Waals surface area contributed by atoms with E-state index in [-0.39, 0.29) is 17.8 Å². The molecule has 24 heavy (non-hydrogen) atoms. The number of allylic oxidation sites excluding steroid dienone is 1. The summed E-state index contributed by atoms with van der Waals surface area (Å²) >= 11 is 0. The van der Waals surface area contributed by atoms with Crippen LogP contribution in [-0.4, -0.2) is 20.1 Å². The Labute approximate surface area is 133 Å². The van der Waals surface area contributed by atoms with Gasteiger partial charge >= 0.3 is 6.18 Å². The van der Waals surface area contributed by atoms with Crippen LogP contribution in [0.3, 0.4) is 0 Å². The van der Waals surface area contributed by atoms with E-state index in [1.165, 1.54) is 14.0 Å². The van der Waals surface area contributed by atoms with Gasteiger partial charge in [-0.25, -0.2) is 0 Å². The number of alkyl halides is 3. The molecule has 0 fully saturated rings. The Bertz CT molecular complexity index is 932. The van der Waals surface area contributed by atoms with Crippen molar-refractivity contribution in [2.75, 3.05) is 0 Å². The van der Waals surface area contributed by atoms with Crippen molar-refractivity contribution >= 4 is 5.78 Å².